The van der Waals surface area contributed by atoms with Gasteiger partial charge in [-0.1, -0.05) is 12.1 Å². The molecule has 0 bridgehead atoms. The number of carbonyl (C=O) groups excluding carboxylic acids is 1. The van der Waals surface area contributed by atoms with Gasteiger partial charge in [-0.2, -0.15) is 5.26 Å². The van der Waals surface area contributed by atoms with E-state index in [0.29, 0.717) is 37.4 Å². The Labute approximate surface area is 113 Å². The molecule has 1 aromatic carbocycles. The van der Waals surface area contributed by atoms with E-state index < -0.39 is 0 Å². The number of hydrogen-bond acceptors (Lipinski definition) is 4. The van der Waals surface area contributed by atoms with Crippen molar-refractivity contribution in [1.82, 2.24) is 4.90 Å². The van der Waals surface area contributed by atoms with Crippen LogP contribution in [0.5, 0.6) is 0 Å². The van der Waals surface area contributed by atoms with Crippen LogP contribution in [0.15, 0.2) is 18.2 Å². The first kappa shape index (κ1) is 15.0. The van der Waals surface area contributed by atoms with Gasteiger partial charge < -0.3 is 15.4 Å². The molecule has 5 nitrogen and oxygen atoms in total. The van der Waals surface area contributed by atoms with Gasteiger partial charge in [-0.3, -0.25) is 4.79 Å². The molecular formula is C14H19N3O2. The quantitative estimate of drug-likeness (QED) is 0.788. The number of nitriles is 1. The molecule has 1 amide bonds. The summed E-state index contributed by atoms with van der Waals surface area (Å²) >= 11 is 0. The fraction of sp³-hybridized carbons (Fsp3) is 0.429. The number of amides is 1. The van der Waals surface area contributed by atoms with E-state index in [2.05, 4.69) is 0 Å². The summed E-state index contributed by atoms with van der Waals surface area (Å²) in [7, 11) is 1.58. The van der Waals surface area contributed by atoms with Crippen LogP contribution in [0, 0.1) is 18.3 Å². The molecule has 0 spiro atoms. The molecule has 0 radical (unpaired) electrons. The maximum absolute atomic E-state index is 12.5. The minimum absolute atomic E-state index is 0.150. The first-order chi connectivity index (χ1) is 9.11. The average molecular weight is 261 g/mol. The Morgan fingerprint density at radius 3 is 2.79 bits per heavy atom. The summed E-state index contributed by atoms with van der Waals surface area (Å²) in [4.78, 5) is 14.1. The topological polar surface area (TPSA) is 79.3 Å². The third-order valence-corrected chi connectivity index (χ3v) is 2.86. The molecule has 0 aromatic heterocycles. The van der Waals surface area contributed by atoms with Gasteiger partial charge in [0.25, 0.3) is 5.91 Å². The maximum Gasteiger partial charge on any atom is 0.256 e. The summed E-state index contributed by atoms with van der Waals surface area (Å²) in [5.74, 6) is -0.150. The first-order valence-corrected chi connectivity index (χ1v) is 6.12. The normalized spacial score (nSPS) is 9.95. The van der Waals surface area contributed by atoms with Crippen LogP contribution in [0.25, 0.3) is 0 Å². The van der Waals surface area contributed by atoms with Gasteiger partial charge in [-0.25, -0.2) is 0 Å². The van der Waals surface area contributed by atoms with Gasteiger partial charge in [0.15, 0.2) is 0 Å². The van der Waals surface area contributed by atoms with Crippen LogP contribution < -0.4 is 5.73 Å². The standard InChI is InChI=1S/C14H19N3O2/c1-11-5-3-6-12(16)13(11)14(18)17(8-4-7-15)9-10-19-2/h3,5-6H,4,8-10,16H2,1-2H3. The number of hydrogen-bond donors (Lipinski definition) is 1. The van der Waals surface area contributed by atoms with Crippen molar-refractivity contribution in [2.24, 2.45) is 0 Å². The minimum atomic E-state index is -0.150. The highest BCUT2D eigenvalue weighted by molar-refractivity contribution is 6.00. The van der Waals surface area contributed by atoms with Gasteiger partial charge in [-0.05, 0) is 18.6 Å². The molecule has 0 saturated carbocycles. The highest BCUT2D eigenvalue weighted by Crippen LogP contribution is 2.18. The van der Waals surface area contributed by atoms with Crippen molar-refractivity contribution in [3.8, 4) is 6.07 Å². The minimum Gasteiger partial charge on any atom is -0.398 e. The van der Waals surface area contributed by atoms with Crippen LogP contribution in [0.3, 0.4) is 0 Å². The third kappa shape index (κ3) is 3.97. The number of rotatable bonds is 6. The Balaban J connectivity index is 2.95. The predicted octanol–water partition coefficient (Wildman–Crippen LogP) is 1.58. The van der Waals surface area contributed by atoms with Crippen LogP contribution >= 0.6 is 0 Å². The van der Waals surface area contributed by atoms with Crippen LogP contribution in [0.4, 0.5) is 5.69 Å². The second-order valence-corrected chi connectivity index (χ2v) is 4.23. The summed E-state index contributed by atoms with van der Waals surface area (Å²) in [5, 5.41) is 8.66. The van der Waals surface area contributed by atoms with Gasteiger partial charge >= 0.3 is 0 Å². The summed E-state index contributed by atoms with van der Waals surface area (Å²) < 4.78 is 4.99. The molecule has 5 heteroatoms. The number of ether oxygens (including phenoxy) is 1. The summed E-state index contributed by atoms with van der Waals surface area (Å²) in [6.45, 7) is 3.11. The summed E-state index contributed by atoms with van der Waals surface area (Å²) in [6.07, 6.45) is 0.293. The van der Waals surface area contributed by atoms with Crippen LogP contribution in [-0.2, 0) is 4.74 Å². The average Bonchev–Trinajstić information content (AvgIpc) is 2.38. The molecule has 0 fully saturated rings. The fourth-order valence-electron chi connectivity index (χ4n) is 1.84. The lowest BCUT2D eigenvalue weighted by molar-refractivity contribution is 0.0700. The zero-order valence-corrected chi connectivity index (χ0v) is 11.3. The largest absolute Gasteiger partial charge is 0.398 e. The summed E-state index contributed by atoms with van der Waals surface area (Å²) in [6, 6.07) is 7.42. The Morgan fingerprint density at radius 1 is 1.47 bits per heavy atom. The van der Waals surface area contributed by atoms with Crippen molar-refractivity contribution in [3.63, 3.8) is 0 Å². The van der Waals surface area contributed by atoms with E-state index in [0.717, 1.165) is 5.56 Å². The number of nitrogens with two attached hydrogens (primary N) is 1. The molecular weight excluding hydrogens is 242 g/mol. The number of benzene rings is 1. The van der Waals surface area contributed by atoms with Crippen LogP contribution in [0.1, 0.15) is 22.3 Å². The van der Waals surface area contributed by atoms with Gasteiger partial charge in [0.05, 0.1) is 24.7 Å². The molecule has 2 N–H and O–H groups in total. The van der Waals surface area contributed by atoms with Crippen molar-refractivity contribution in [1.29, 1.82) is 5.26 Å². The molecule has 0 aliphatic heterocycles. The van der Waals surface area contributed by atoms with E-state index in [1.165, 1.54) is 0 Å². The van der Waals surface area contributed by atoms with Gasteiger partial charge in [-0.15, -0.1) is 0 Å². The molecule has 0 atom stereocenters. The van der Waals surface area contributed by atoms with E-state index in [1.807, 2.05) is 25.1 Å². The van der Waals surface area contributed by atoms with Gasteiger partial charge in [0.1, 0.15) is 0 Å². The molecule has 0 aliphatic carbocycles. The Hall–Kier alpha value is -2.06. The second kappa shape index (κ2) is 7.39. The smallest absolute Gasteiger partial charge is 0.256 e. The number of anilines is 1. The van der Waals surface area contributed by atoms with Crippen molar-refractivity contribution in [3.05, 3.63) is 29.3 Å². The lowest BCUT2D eigenvalue weighted by Gasteiger charge is -2.23. The number of carbonyl (C=O) groups is 1. The second-order valence-electron chi connectivity index (χ2n) is 4.23. The Morgan fingerprint density at radius 2 is 2.21 bits per heavy atom. The lowest BCUT2D eigenvalue weighted by Crippen LogP contribution is -2.35. The molecule has 0 saturated heterocycles. The molecule has 1 rings (SSSR count). The Kier molecular flexibility index (Phi) is 5.83. The number of nitrogens with zero attached hydrogens (tertiary/aromatic N) is 2. The van der Waals surface area contributed by atoms with E-state index in [4.69, 9.17) is 15.7 Å². The lowest BCUT2D eigenvalue weighted by atomic mass is 10.1. The van der Waals surface area contributed by atoms with E-state index >= 15 is 0 Å². The van der Waals surface area contributed by atoms with E-state index in [1.54, 1.807) is 18.1 Å². The van der Waals surface area contributed by atoms with Crippen molar-refractivity contribution >= 4 is 11.6 Å². The highest BCUT2D eigenvalue weighted by atomic mass is 16.5. The van der Waals surface area contributed by atoms with Crippen LogP contribution in [0.2, 0.25) is 0 Å². The number of nitrogen functional groups attached to an aromatic ring is 1. The van der Waals surface area contributed by atoms with Crippen molar-refractivity contribution in [2.45, 2.75) is 13.3 Å². The molecule has 19 heavy (non-hydrogen) atoms. The molecule has 0 heterocycles. The first-order valence-electron chi connectivity index (χ1n) is 6.12. The van der Waals surface area contributed by atoms with Crippen molar-refractivity contribution < 1.29 is 9.53 Å². The van der Waals surface area contributed by atoms with E-state index in [9.17, 15) is 4.79 Å². The maximum atomic E-state index is 12.5. The molecule has 0 unspecified atom stereocenters. The summed E-state index contributed by atoms with van der Waals surface area (Å²) in [5.41, 5.74) is 7.68. The predicted molar refractivity (Wildman–Crippen MR) is 73.6 cm³/mol. The Bertz CT molecular complexity index is 460. The molecule has 0 aliphatic rings. The van der Waals surface area contributed by atoms with Crippen molar-refractivity contribution in [2.75, 3.05) is 32.5 Å². The molecule has 1 aromatic rings. The SMILES string of the molecule is COCCN(CCC#N)C(=O)c1c(C)cccc1N. The number of methoxy groups -OCH3 is 1. The zero-order valence-electron chi connectivity index (χ0n) is 11.3. The third-order valence-electron chi connectivity index (χ3n) is 2.86. The fourth-order valence-corrected chi connectivity index (χ4v) is 1.84. The van der Waals surface area contributed by atoms with Crippen LogP contribution in [-0.4, -0.2) is 37.6 Å². The zero-order chi connectivity index (χ0) is 14.3. The van der Waals surface area contributed by atoms with Gasteiger partial charge in [0.2, 0.25) is 0 Å². The van der Waals surface area contributed by atoms with Gasteiger partial charge in [0, 0.05) is 25.9 Å². The monoisotopic (exact) mass is 261 g/mol. The highest BCUT2D eigenvalue weighted by Gasteiger charge is 2.19. The van der Waals surface area contributed by atoms with E-state index in [-0.39, 0.29) is 5.91 Å². The number of aryl methyl sites for hydroxylation is 1. The molecule has 102 valence electrons.